The molecule has 1 aromatic carbocycles. The summed E-state index contributed by atoms with van der Waals surface area (Å²) in [5, 5.41) is 0. The molecule has 20 heavy (non-hydrogen) atoms. The number of carbonyl (C=O) groups excluding carboxylic acids is 1. The van der Waals surface area contributed by atoms with Crippen LogP contribution in [0.25, 0.3) is 0 Å². The number of aliphatic imine (C=N–C) groups is 1. The fourth-order valence-corrected chi connectivity index (χ4v) is 2.54. The van der Waals surface area contributed by atoms with Crippen LogP contribution in [0.1, 0.15) is 12.0 Å². The van der Waals surface area contributed by atoms with E-state index in [1.807, 2.05) is 30.3 Å². The van der Waals surface area contributed by atoms with Gasteiger partial charge >= 0.3 is 6.09 Å². The standard InChI is InChI=1S/C15H18N2O3/c18-15(20-11-12-4-2-1-3-5-12)17-8-6-13(10-17)14-16-7-9-19-14/h1-5,13H,6-11H2/t13-/m0/s1. The van der Waals surface area contributed by atoms with Crippen molar-refractivity contribution < 1.29 is 14.3 Å². The Morgan fingerprint density at radius 1 is 1.40 bits per heavy atom. The lowest BCUT2D eigenvalue weighted by atomic mass is 10.1. The summed E-state index contributed by atoms with van der Waals surface area (Å²) < 4.78 is 10.8. The van der Waals surface area contributed by atoms with E-state index in [4.69, 9.17) is 9.47 Å². The maximum atomic E-state index is 12.0. The summed E-state index contributed by atoms with van der Waals surface area (Å²) in [5.41, 5.74) is 1.00. The highest BCUT2D eigenvalue weighted by Crippen LogP contribution is 2.21. The molecular weight excluding hydrogens is 256 g/mol. The summed E-state index contributed by atoms with van der Waals surface area (Å²) in [4.78, 5) is 18.1. The van der Waals surface area contributed by atoms with E-state index >= 15 is 0 Å². The maximum Gasteiger partial charge on any atom is 0.410 e. The van der Waals surface area contributed by atoms with Crippen molar-refractivity contribution in [2.45, 2.75) is 13.0 Å². The molecule has 1 atom stereocenters. The van der Waals surface area contributed by atoms with E-state index in [-0.39, 0.29) is 12.0 Å². The number of nitrogens with zero attached hydrogens (tertiary/aromatic N) is 2. The second kappa shape index (κ2) is 5.94. The van der Waals surface area contributed by atoms with Gasteiger partial charge in [0.05, 0.1) is 12.5 Å². The van der Waals surface area contributed by atoms with E-state index < -0.39 is 0 Å². The second-order valence-corrected chi connectivity index (χ2v) is 5.04. The molecule has 0 saturated carbocycles. The normalized spacial score (nSPS) is 21.5. The quantitative estimate of drug-likeness (QED) is 0.848. The van der Waals surface area contributed by atoms with Gasteiger partial charge in [0.2, 0.25) is 0 Å². The van der Waals surface area contributed by atoms with Crippen molar-refractivity contribution >= 4 is 12.0 Å². The van der Waals surface area contributed by atoms with Gasteiger partial charge in [0, 0.05) is 13.1 Å². The molecule has 3 rings (SSSR count). The molecule has 2 heterocycles. The van der Waals surface area contributed by atoms with Gasteiger partial charge in [-0.1, -0.05) is 30.3 Å². The summed E-state index contributed by atoms with van der Waals surface area (Å²) in [6, 6.07) is 9.70. The third-order valence-electron chi connectivity index (χ3n) is 3.61. The lowest BCUT2D eigenvalue weighted by molar-refractivity contribution is 0.103. The van der Waals surface area contributed by atoms with E-state index in [2.05, 4.69) is 4.99 Å². The van der Waals surface area contributed by atoms with Crippen LogP contribution in [-0.2, 0) is 16.1 Å². The number of amides is 1. The molecule has 0 aromatic heterocycles. The van der Waals surface area contributed by atoms with Gasteiger partial charge < -0.3 is 14.4 Å². The van der Waals surface area contributed by atoms with Crippen molar-refractivity contribution in [3.8, 4) is 0 Å². The van der Waals surface area contributed by atoms with Gasteiger partial charge in [0.25, 0.3) is 0 Å². The Hall–Kier alpha value is -2.04. The number of benzene rings is 1. The van der Waals surface area contributed by atoms with Gasteiger partial charge in [0.15, 0.2) is 5.90 Å². The minimum Gasteiger partial charge on any atom is -0.479 e. The lowest BCUT2D eigenvalue weighted by Gasteiger charge is -2.16. The Labute approximate surface area is 118 Å². The summed E-state index contributed by atoms with van der Waals surface area (Å²) >= 11 is 0. The smallest absolute Gasteiger partial charge is 0.410 e. The van der Waals surface area contributed by atoms with E-state index in [1.165, 1.54) is 0 Å². The number of likely N-dealkylation sites (tertiary alicyclic amines) is 1. The molecule has 0 N–H and O–H groups in total. The van der Waals surface area contributed by atoms with Crippen LogP contribution in [0.15, 0.2) is 35.3 Å². The molecule has 1 aromatic rings. The first-order chi connectivity index (χ1) is 9.83. The van der Waals surface area contributed by atoms with Crippen molar-refractivity contribution in [3.63, 3.8) is 0 Å². The van der Waals surface area contributed by atoms with Crippen molar-refractivity contribution in [2.75, 3.05) is 26.2 Å². The van der Waals surface area contributed by atoms with Crippen LogP contribution >= 0.6 is 0 Å². The fraction of sp³-hybridized carbons (Fsp3) is 0.467. The second-order valence-electron chi connectivity index (χ2n) is 5.04. The highest BCUT2D eigenvalue weighted by molar-refractivity contribution is 5.81. The Balaban J connectivity index is 1.49. The molecule has 0 spiro atoms. The molecule has 2 aliphatic rings. The average Bonchev–Trinajstić information content (AvgIpc) is 3.16. The number of hydrogen-bond acceptors (Lipinski definition) is 4. The highest BCUT2D eigenvalue weighted by Gasteiger charge is 2.32. The van der Waals surface area contributed by atoms with E-state index in [0.717, 1.165) is 24.4 Å². The zero-order chi connectivity index (χ0) is 13.8. The molecular formula is C15H18N2O3. The van der Waals surface area contributed by atoms with Crippen LogP contribution in [0.4, 0.5) is 4.79 Å². The minimum atomic E-state index is -0.255. The van der Waals surface area contributed by atoms with Crippen LogP contribution in [-0.4, -0.2) is 43.1 Å². The number of hydrogen-bond donors (Lipinski definition) is 0. The molecule has 2 aliphatic heterocycles. The maximum absolute atomic E-state index is 12.0. The monoisotopic (exact) mass is 274 g/mol. The minimum absolute atomic E-state index is 0.238. The largest absolute Gasteiger partial charge is 0.479 e. The van der Waals surface area contributed by atoms with E-state index in [1.54, 1.807) is 4.90 Å². The van der Waals surface area contributed by atoms with Crippen LogP contribution in [0.3, 0.4) is 0 Å². The van der Waals surface area contributed by atoms with Crippen LogP contribution in [0.5, 0.6) is 0 Å². The first-order valence-corrected chi connectivity index (χ1v) is 6.96. The lowest BCUT2D eigenvalue weighted by Crippen LogP contribution is -2.30. The average molecular weight is 274 g/mol. The third-order valence-corrected chi connectivity index (χ3v) is 3.61. The first-order valence-electron chi connectivity index (χ1n) is 6.96. The van der Waals surface area contributed by atoms with Crippen molar-refractivity contribution in [2.24, 2.45) is 10.9 Å². The van der Waals surface area contributed by atoms with Crippen molar-refractivity contribution in [1.82, 2.24) is 4.90 Å². The van der Waals surface area contributed by atoms with Crippen molar-refractivity contribution in [1.29, 1.82) is 0 Å². The van der Waals surface area contributed by atoms with Crippen LogP contribution in [0.2, 0.25) is 0 Å². The molecule has 1 amide bonds. The van der Waals surface area contributed by atoms with Crippen LogP contribution in [0, 0.1) is 5.92 Å². The molecule has 1 saturated heterocycles. The summed E-state index contributed by atoms with van der Waals surface area (Å²) in [7, 11) is 0. The van der Waals surface area contributed by atoms with Gasteiger partial charge in [-0.25, -0.2) is 4.79 Å². The predicted molar refractivity (Wildman–Crippen MR) is 74.6 cm³/mol. The van der Waals surface area contributed by atoms with Gasteiger partial charge in [-0.15, -0.1) is 0 Å². The molecule has 1 fully saturated rings. The van der Waals surface area contributed by atoms with Gasteiger partial charge in [-0.3, -0.25) is 4.99 Å². The number of carbonyl (C=O) groups is 1. The summed E-state index contributed by atoms with van der Waals surface area (Å²) in [5.74, 6) is 1.05. The Morgan fingerprint density at radius 3 is 3.00 bits per heavy atom. The van der Waals surface area contributed by atoms with Crippen LogP contribution < -0.4 is 0 Å². The Morgan fingerprint density at radius 2 is 2.25 bits per heavy atom. The molecule has 0 bridgehead atoms. The zero-order valence-corrected chi connectivity index (χ0v) is 11.3. The molecule has 5 nitrogen and oxygen atoms in total. The number of ether oxygens (including phenoxy) is 2. The van der Waals surface area contributed by atoms with E-state index in [0.29, 0.717) is 26.3 Å². The molecule has 0 unspecified atom stereocenters. The topological polar surface area (TPSA) is 51.1 Å². The fourth-order valence-electron chi connectivity index (χ4n) is 2.54. The Bertz CT molecular complexity index is 501. The van der Waals surface area contributed by atoms with Gasteiger partial charge in [0.1, 0.15) is 13.2 Å². The summed E-state index contributed by atoms with van der Waals surface area (Å²) in [6.45, 7) is 3.08. The summed E-state index contributed by atoms with van der Waals surface area (Å²) in [6.07, 6.45) is 0.647. The highest BCUT2D eigenvalue weighted by atomic mass is 16.6. The molecule has 5 heteroatoms. The van der Waals surface area contributed by atoms with Gasteiger partial charge in [-0.05, 0) is 12.0 Å². The first kappa shape index (κ1) is 13.0. The zero-order valence-electron chi connectivity index (χ0n) is 11.3. The Kier molecular flexibility index (Phi) is 3.85. The SMILES string of the molecule is O=C(OCc1ccccc1)N1CC[C@H](C2=NCCO2)C1. The van der Waals surface area contributed by atoms with Gasteiger partial charge in [-0.2, -0.15) is 0 Å². The molecule has 0 radical (unpaired) electrons. The molecule has 106 valence electrons. The number of rotatable bonds is 3. The third kappa shape index (κ3) is 2.92. The van der Waals surface area contributed by atoms with Crippen molar-refractivity contribution in [3.05, 3.63) is 35.9 Å². The predicted octanol–water partition coefficient (Wildman–Crippen LogP) is 2.07. The molecule has 0 aliphatic carbocycles. The van der Waals surface area contributed by atoms with E-state index in [9.17, 15) is 4.79 Å².